The third-order valence-electron chi connectivity index (χ3n) is 3.92. The fourth-order valence-corrected chi connectivity index (χ4v) is 3.11. The lowest BCUT2D eigenvalue weighted by Crippen LogP contribution is -2.45. The smallest absolute Gasteiger partial charge is 0.308 e. The molecule has 134 valence electrons. The van der Waals surface area contributed by atoms with E-state index in [9.17, 15) is 14.4 Å². The number of nitrogens with zero attached hydrogens (tertiary/aromatic N) is 1. The highest BCUT2D eigenvalue weighted by atomic mass is 127. The highest BCUT2D eigenvalue weighted by Gasteiger charge is 2.41. The Morgan fingerprint density at radius 1 is 0.885 bits per heavy atom. The summed E-state index contributed by atoms with van der Waals surface area (Å²) in [6.07, 6.45) is 0. The molecule has 2 aromatic rings. The third-order valence-corrected chi connectivity index (χ3v) is 4.64. The fourth-order valence-electron chi connectivity index (χ4n) is 2.75. The summed E-state index contributed by atoms with van der Waals surface area (Å²) < 4.78 is 1.07. The molecule has 3 rings (SSSR count). The molecule has 0 radical (unpaired) electrons. The first-order chi connectivity index (χ1) is 12.2. The van der Waals surface area contributed by atoms with Crippen LogP contribution in [0.15, 0.2) is 42.5 Å². The van der Waals surface area contributed by atoms with E-state index in [0.29, 0.717) is 22.5 Å². The number of rotatable bonds is 2. The molecule has 2 aromatic carbocycles. The Kier molecular flexibility index (Phi) is 4.74. The number of hydrogen-bond donors (Lipinski definition) is 2. The monoisotopic (exact) mass is 463 g/mol. The molecule has 4 amide bonds. The van der Waals surface area contributed by atoms with Crippen molar-refractivity contribution in [3.63, 3.8) is 0 Å². The van der Waals surface area contributed by atoms with Crippen molar-refractivity contribution >= 4 is 51.8 Å². The van der Waals surface area contributed by atoms with Crippen LogP contribution in [0.4, 0.5) is 16.2 Å². The average Bonchev–Trinajstić information content (AvgIpc) is 2.80. The van der Waals surface area contributed by atoms with Crippen LogP contribution in [-0.4, -0.2) is 28.3 Å². The lowest BCUT2D eigenvalue weighted by molar-refractivity contribution is 0.0507. The molecule has 6 nitrogen and oxygen atoms in total. The van der Waals surface area contributed by atoms with E-state index in [2.05, 4.69) is 33.2 Å². The molecular weight excluding hydrogens is 445 g/mol. The van der Waals surface area contributed by atoms with Crippen molar-refractivity contribution in [2.45, 2.75) is 26.3 Å². The first-order valence-electron chi connectivity index (χ1n) is 8.03. The number of fused-ring (bicyclic) bond motifs is 1. The number of nitrogens with one attached hydrogen (secondary N) is 2. The van der Waals surface area contributed by atoms with Crippen LogP contribution < -0.4 is 10.6 Å². The number of urea groups is 1. The maximum Gasteiger partial charge on any atom is 0.323 e. The first-order valence-corrected chi connectivity index (χ1v) is 9.11. The van der Waals surface area contributed by atoms with Crippen LogP contribution in [0.3, 0.4) is 0 Å². The quantitative estimate of drug-likeness (QED) is 0.514. The van der Waals surface area contributed by atoms with Crippen molar-refractivity contribution in [1.29, 1.82) is 0 Å². The maximum absolute atomic E-state index is 12.6. The molecule has 1 heterocycles. The SMILES string of the molecule is CC(C)(C)N1C(=O)c2ccc(NC(=O)Nc3ccc(I)cc3)cc2C1=O. The minimum Gasteiger partial charge on any atom is -0.308 e. The van der Waals surface area contributed by atoms with Gasteiger partial charge in [-0.2, -0.15) is 0 Å². The molecule has 7 heteroatoms. The topological polar surface area (TPSA) is 78.5 Å². The summed E-state index contributed by atoms with van der Waals surface area (Å²) >= 11 is 2.18. The van der Waals surface area contributed by atoms with Crippen LogP contribution in [-0.2, 0) is 0 Å². The molecule has 1 aliphatic heterocycles. The van der Waals surface area contributed by atoms with E-state index in [0.717, 1.165) is 3.57 Å². The van der Waals surface area contributed by atoms with Crippen LogP contribution >= 0.6 is 22.6 Å². The van der Waals surface area contributed by atoms with Crippen molar-refractivity contribution in [2.75, 3.05) is 10.6 Å². The van der Waals surface area contributed by atoms with Gasteiger partial charge in [-0.3, -0.25) is 14.5 Å². The standard InChI is InChI=1S/C19H18IN3O3/c1-19(2,3)23-16(24)14-9-8-13(10-15(14)17(23)25)22-18(26)21-12-6-4-11(20)5-7-12/h4-10H,1-3H3,(H2,21,22,26). The minimum atomic E-state index is -0.608. The number of imide groups is 1. The second-order valence-electron chi connectivity index (χ2n) is 6.96. The molecule has 2 N–H and O–H groups in total. The van der Waals surface area contributed by atoms with Crippen molar-refractivity contribution < 1.29 is 14.4 Å². The van der Waals surface area contributed by atoms with Gasteiger partial charge in [-0.05, 0) is 85.8 Å². The molecule has 1 aliphatic rings. The molecule has 26 heavy (non-hydrogen) atoms. The minimum absolute atomic E-state index is 0.303. The summed E-state index contributed by atoms with van der Waals surface area (Å²) in [7, 11) is 0. The van der Waals surface area contributed by atoms with Crippen molar-refractivity contribution in [3.8, 4) is 0 Å². The molecule has 0 fully saturated rings. The molecule has 0 spiro atoms. The molecule has 0 unspecified atom stereocenters. The van der Waals surface area contributed by atoms with Gasteiger partial charge >= 0.3 is 6.03 Å². The van der Waals surface area contributed by atoms with Gasteiger partial charge in [0, 0.05) is 20.5 Å². The Morgan fingerprint density at radius 2 is 1.42 bits per heavy atom. The Labute approximate surface area is 165 Å². The molecular formula is C19H18IN3O3. The van der Waals surface area contributed by atoms with Gasteiger partial charge in [0.15, 0.2) is 0 Å². The van der Waals surface area contributed by atoms with E-state index in [4.69, 9.17) is 0 Å². The van der Waals surface area contributed by atoms with Gasteiger partial charge in [-0.25, -0.2) is 4.79 Å². The average molecular weight is 463 g/mol. The number of carbonyl (C=O) groups excluding carboxylic acids is 3. The van der Waals surface area contributed by atoms with Crippen LogP contribution in [0.2, 0.25) is 0 Å². The Hall–Kier alpha value is -2.42. The maximum atomic E-state index is 12.6. The van der Waals surface area contributed by atoms with Crippen molar-refractivity contribution in [3.05, 3.63) is 57.2 Å². The third kappa shape index (κ3) is 3.57. The van der Waals surface area contributed by atoms with Gasteiger partial charge in [0.2, 0.25) is 0 Å². The molecule has 0 saturated heterocycles. The molecule has 0 aliphatic carbocycles. The number of anilines is 2. The summed E-state index contributed by atoms with van der Waals surface area (Å²) in [5, 5.41) is 5.41. The summed E-state index contributed by atoms with van der Waals surface area (Å²) in [4.78, 5) is 38.4. The zero-order valence-electron chi connectivity index (χ0n) is 14.6. The van der Waals surface area contributed by atoms with Crippen LogP contribution in [0.25, 0.3) is 0 Å². The number of halogens is 1. The Morgan fingerprint density at radius 3 is 2.04 bits per heavy atom. The van der Waals surface area contributed by atoms with Crippen LogP contribution in [0.1, 0.15) is 41.5 Å². The number of hydrogen-bond acceptors (Lipinski definition) is 3. The molecule has 0 aromatic heterocycles. The summed E-state index contributed by atoms with van der Waals surface area (Å²) in [6, 6.07) is 11.7. The lowest BCUT2D eigenvalue weighted by Gasteiger charge is -2.29. The van der Waals surface area contributed by atoms with E-state index in [1.54, 1.807) is 24.3 Å². The number of carbonyl (C=O) groups is 3. The van der Waals surface area contributed by atoms with Gasteiger partial charge in [0.25, 0.3) is 11.8 Å². The second-order valence-corrected chi connectivity index (χ2v) is 8.21. The lowest BCUT2D eigenvalue weighted by atomic mass is 10.1. The van der Waals surface area contributed by atoms with Crippen molar-refractivity contribution in [2.24, 2.45) is 0 Å². The first kappa shape index (κ1) is 18.4. The molecule has 0 atom stereocenters. The van der Waals surface area contributed by atoms with E-state index < -0.39 is 11.6 Å². The largest absolute Gasteiger partial charge is 0.323 e. The van der Waals surface area contributed by atoms with E-state index in [1.165, 1.54) is 11.0 Å². The highest BCUT2D eigenvalue weighted by molar-refractivity contribution is 14.1. The number of benzene rings is 2. The van der Waals surface area contributed by atoms with E-state index in [-0.39, 0.29) is 11.8 Å². The van der Waals surface area contributed by atoms with Gasteiger partial charge < -0.3 is 10.6 Å². The zero-order chi connectivity index (χ0) is 19.1. The van der Waals surface area contributed by atoms with Gasteiger partial charge in [-0.15, -0.1) is 0 Å². The van der Waals surface area contributed by atoms with Crippen LogP contribution in [0.5, 0.6) is 0 Å². The summed E-state index contributed by atoms with van der Waals surface area (Å²) in [5.41, 5.74) is 1.16. The zero-order valence-corrected chi connectivity index (χ0v) is 16.7. The Balaban J connectivity index is 1.77. The number of amides is 4. The molecule has 0 saturated carbocycles. The summed E-state index contributed by atoms with van der Waals surface area (Å²) in [6.45, 7) is 5.42. The van der Waals surface area contributed by atoms with Gasteiger partial charge in [0.05, 0.1) is 11.1 Å². The van der Waals surface area contributed by atoms with Crippen LogP contribution in [0, 0.1) is 3.57 Å². The van der Waals surface area contributed by atoms with E-state index >= 15 is 0 Å². The second kappa shape index (κ2) is 6.71. The van der Waals surface area contributed by atoms with Gasteiger partial charge in [0.1, 0.15) is 0 Å². The van der Waals surface area contributed by atoms with Crippen molar-refractivity contribution in [1.82, 2.24) is 4.90 Å². The van der Waals surface area contributed by atoms with Gasteiger partial charge in [-0.1, -0.05) is 0 Å². The highest BCUT2D eigenvalue weighted by Crippen LogP contribution is 2.31. The normalized spacial score (nSPS) is 13.6. The Bertz CT molecular complexity index is 901. The fraction of sp³-hybridized carbons (Fsp3) is 0.211. The predicted molar refractivity (Wildman–Crippen MR) is 108 cm³/mol. The van der Waals surface area contributed by atoms with E-state index in [1.807, 2.05) is 32.9 Å². The summed E-state index contributed by atoms with van der Waals surface area (Å²) in [5.74, 6) is -0.661. The molecule has 0 bridgehead atoms. The predicted octanol–water partition coefficient (Wildman–Crippen LogP) is 4.33.